The highest BCUT2D eigenvalue weighted by molar-refractivity contribution is 5.13. The van der Waals surface area contributed by atoms with Crippen molar-refractivity contribution in [3.63, 3.8) is 0 Å². The lowest BCUT2D eigenvalue weighted by molar-refractivity contribution is 0.0271. The van der Waals surface area contributed by atoms with Crippen molar-refractivity contribution >= 4 is 0 Å². The van der Waals surface area contributed by atoms with Gasteiger partial charge in [-0.15, -0.1) is 0 Å². The number of ether oxygens (including phenoxy) is 1. The van der Waals surface area contributed by atoms with E-state index < -0.39 is 0 Å². The second-order valence-corrected chi connectivity index (χ2v) is 8.59. The SMILES string of the molecule is CCCCCCCCCCCC(CCN[C@@H](CO)CCCN)OCc1ccccc1. The number of aliphatic hydroxyl groups is 1. The summed E-state index contributed by atoms with van der Waals surface area (Å²) in [5, 5.41) is 13.0. The number of nitrogens with two attached hydrogens (primary N) is 1. The Bertz CT molecular complexity index is 469. The quantitative estimate of drug-likeness (QED) is 0.227. The van der Waals surface area contributed by atoms with Crippen molar-refractivity contribution in [1.29, 1.82) is 0 Å². The molecular formula is C26H48N2O2. The second-order valence-electron chi connectivity index (χ2n) is 8.59. The van der Waals surface area contributed by atoms with E-state index in [1.165, 1.54) is 63.4 Å². The lowest BCUT2D eigenvalue weighted by atomic mass is 10.0. The van der Waals surface area contributed by atoms with Crippen molar-refractivity contribution < 1.29 is 9.84 Å². The van der Waals surface area contributed by atoms with E-state index >= 15 is 0 Å². The Labute approximate surface area is 186 Å². The van der Waals surface area contributed by atoms with Crippen LogP contribution in [0.4, 0.5) is 0 Å². The van der Waals surface area contributed by atoms with Crippen LogP contribution >= 0.6 is 0 Å². The number of aliphatic hydroxyl groups excluding tert-OH is 1. The molecule has 174 valence electrons. The molecule has 0 aliphatic heterocycles. The molecule has 1 unspecified atom stereocenters. The first-order chi connectivity index (χ1) is 14.8. The normalized spacial score (nSPS) is 13.4. The molecule has 0 bridgehead atoms. The van der Waals surface area contributed by atoms with Crippen molar-refractivity contribution in [2.24, 2.45) is 5.73 Å². The molecule has 0 aliphatic carbocycles. The van der Waals surface area contributed by atoms with Crippen molar-refractivity contribution in [1.82, 2.24) is 5.32 Å². The zero-order valence-electron chi connectivity index (χ0n) is 19.5. The Kier molecular flexibility index (Phi) is 18.1. The van der Waals surface area contributed by atoms with Gasteiger partial charge in [0.05, 0.1) is 19.3 Å². The van der Waals surface area contributed by atoms with Crippen LogP contribution in [0.15, 0.2) is 30.3 Å². The summed E-state index contributed by atoms with van der Waals surface area (Å²) < 4.78 is 6.27. The maximum Gasteiger partial charge on any atom is 0.0720 e. The number of hydrogen-bond donors (Lipinski definition) is 3. The fourth-order valence-corrected chi connectivity index (χ4v) is 3.85. The first-order valence-corrected chi connectivity index (χ1v) is 12.5. The van der Waals surface area contributed by atoms with E-state index in [0.29, 0.717) is 13.2 Å². The van der Waals surface area contributed by atoms with Crippen LogP contribution in [0, 0.1) is 0 Å². The van der Waals surface area contributed by atoms with Gasteiger partial charge in [0.15, 0.2) is 0 Å². The van der Waals surface area contributed by atoms with Gasteiger partial charge in [0.1, 0.15) is 0 Å². The summed E-state index contributed by atoms with van der Waals surface area (Å²) in [6.07, 6.45) is 16.4. The highest BCUT2D eigenvalue weighted by Crippen LogP contribution is 2.15. The van der Waals surface area contributed by atoms with Crippen molar-refractivity contribution in [2.45, 2.75) is 109 Å². The summed E-state index contributed by atoms with van der Waals surface area (Å²) in [6, 6.07) is 10.6. The molecule has 4 nitrogen and oxygen atoms in total. The topological polar surface area (TPSA) is 67.5 Å². The van der Waals surface area contributed by atoms with Gasteiger partial charge < -0.3 is 20.9 Å². The summed E-state index contributed by atoms with van der Waals surface area (Å²) >= 11 is 0. The molecule has 1 rings (SSSR count). The molecule has 30 heavy (non-hydrogen) atoms. The first kappa shape index (κ1) is 27.1. The van der Waals surface area contributed by atoms with Gasteiger partial charge in [-0.1, -0.05) is 95.0 Å². The Morgan fingerprint density at radius 2 is 1.53 bits per heavy atom. The number of hydrogen-bond acceptors (Lipinski definition) is 4. The Hall–Kier alpha value is -0.940. The van der Waals surface area contributed by atoms with Crippen LogP contribution in [-0.2, 0) is 11.3 Å². The van der Waals surface area contributed by atoms with E-state index in [4.69, 9.17) is 10.5 Å². The van der Waals surface area contributed by atoms with Gasteiger partial charge in [-0.3, -0.25) is 0 Å². The third kappa shape index (κ3) is 15.0. The zero-order chi connectivity index (χ0) is 21.7. The van der Waals surface area contributed by atoms with Crippen LogP contribution in [0.5, 0.6) is 0 Å². The fourth-order valence-electron chi connectivity index (χ4n) is 3.85. The molecule has 0 radical (unpaired) electrons. The molecule has 0 spiro atoms. The van der Waals surface area contributed by atoms with E-state index in [1.807, 2.05) is 6.07 Å². The number of nitrogens with one attached hydrogen (secondary N) is 1. The number of benzene rings is 1. The number of unbranched alkanes of at least 4 members (excludes halogenated alkanes) is 8. The van der Waals surface area contributed by atoms with Gasteiger partial charge >= 0.3 is 0 Å². The van der Waals surface area contributed by atoms with Gasteiger partial charge in [0, 0.05) is 6.04 Å². The van der Waals surface area contributed by atoms with Crippen LogP contribution in [0.25, 0.3) is 0 Å². The Morgan fingerprint density at radius 1 is 0.867 bits per heavy atom. The molecule has 2 atom stereocenters. The first-order valence-electron chi connectivity index (χ1n) is 12.5. The molecule has 1 aromatic rings. The van der Waals surface area contributed by atoms with E-state index in [9.17, 15) is 5.11 Å². The largest absolute Gasteiger partial charge is 0.395 e. The third-order valence-electron chi connectivity index (χ3n) is 5.83. The molecule has 4 heteroatoms. The summed E-state index contributed by atoms with van der Waals surface area (Å²) in [5.41, 5.74) is 6.83. The van der Waals surface area contributed by atoms with E-state index in [-0.39, 0.29) is 18.8 Å². The van der Waals surface area contributed by atoms with Gasteiger partial charge in [-0.2, -0.15) is 0 Å². The smallest absolute Gasteiger partial charge is 0.0720 e. The molecule has 4 N–H and O–H groups in total. The van der Waals surface area contributed by atoms with E-state index in [0.717, 1.165) is 32.2 Å². The molecule has 0 heterocycles. The lowest BCUT2D eigenvalue weighted by Crippen LogP contribution is -2.35. The van der Waals surface area contributed by atoms with Crippen molar-refractivity contribution in [3.8, 4) is 0 Å². The number of rotatable bonds is 21. The maximum absolute atomic E-state index is 9.53. The van der Waals surface area contributed by atoms with Gasteiger partial charge in [-0.05, 0) is 44.3 Å². The standard InChI is InChI=1S/C26H48N2O2/c1-2-3-4-5-6-7-8-9-13-18-26(30-23-24-15-11-10-12-16-24)19-21-28-25(22-29)17-14-20-27/h10-12,15-16,25-26,28-29H,2-9,13-14,17-23,27H2,1H3/t25-,26?/m1/s1. The molecule has 1 aromatic carbocycles. The lowest BCUT2D eigenvalue weighted by Gasteiger charge is -2.21. The van der Waals surface area contributed by atoms with Gasteiger partial charge in [-0.25, -0.2) is 0 Å². The summed E-state index contributed by atoms with van der Waals surface area (Å²) in [7, 11) is 0. The van der Waals surface area contributed by atoms with Crippen LogP contribution in [0.1, 0.15) is 96.0 Å². The molecular weight excluding hydrogens is 372 g/mol. The summed E-state index contributed by atoms with van der Waals surface area (Å²) in [5.74, 6) is 0. The predicted molar refractivity (Wildman–Crippen MR) is 129 cm³/mol. The van der Waals surface area contributed by atoms with E-state index in [1.54, 1.807) is 0 Å². The monoisotopic (exact) mass is 420 g/mol. The third-order valence-corrected chi connectivity index (χ3v) is 5.83. The van der Waals surface area contributed by atoms with Crippen LogP contribution in [0.2, 0.25) is 0 Å². The molecule has 0 aliphatic rings. The zero-order valence-corrected chi connectivity index (χ0v) is 19.5. The minimum absolute atomic E-state index is 0.149. The maximum atomic E-state index is 9.53. The Morgan fingerprint density at radius 3 is 2.17 bits per heavy atom. The molecule has 0 aromatic heterocycles. The fraction of sp³-hybridized carbons (Fsp3) is 0.769. The average molecular weight is 421 g/mol. The molecule has 0 saturated heterocycles. The predicted octanol–water partition coefficient (Wildman–Crippen LogP) is 5.57. The molecule has 0 saturated carbocycles. The summed E-state index contributed by atoms with van der Waals surface area (Å²) in [4.78, 5) is 0. The van der Waals surface area contributed by atoms with E-state index in [2.05, 4.69) is 36.5 Å². The average Bonchev–Trinajstić information content (AvgIpc) is 2.78. The highest BCUT2D eigenvalue weighted by atomic mass is 16.5. The van der Waals surface area contributed by atoms with Crippen LogP contribution < -0.4 is 11.1 Å². The molecule has 0 amide bonds. The second kappa shape index (κ2) is 20.0. The van der Waals surface area contributed by atoms with Gasteiger partial charge in [0.2, 0.25) is 0 Å². The summed E-state index contributed by atoms with van der Waals surface area (Å²) in [6.45, 7) is 4.69. The van der Waals surface area contributed by atoms with Crippen LogP contribution in [-0.4, -0.2) is 36.9 Å². The Balaban J connectivity index is 2.27. The highest BCUT2D eigenvalue weighted by Gasteiger charge is 2.12. The van der Waals surface area contributed by atoms with Crippen LogP contribution in [0.3, 0.4) is 0 Å². The molecule has 0 fully saturated rings. The van der Waals surface area contributed by atoms with Crippen molar-refractivity contribution in [3.05, 3.63) is 35.9 Å². The minimum Gasteiger partial charge on any atom is -0.395 e. The van der Waals surface area contributed by atoms with Gasteiger partial charge in [0.25, 0.3) is 0 Å². The van der Waals surface area contributed by atoms with Crippen molar-refractivity contribution in [2.75, 3.05) is 19.7 Å². The minimum atomic E-state index is 0.149.